The van der Waals surface area contributed by atoms with Crippen LogP contribution in [0.15, 0.2) is 71.9 Å². The molecule has 2 aromatic rings. The number of hydrogen-bond donors (Lipinski definition) is 0. The molecule has 0 bridgehead atoms. The van der Waals surface area contributed by atoms with E-state index in [0.29, 0.717) is 0 Å². The van der Waals surface area contributed by atoms with Crippen LogP contribution in [0.1, 0.15) is 31.9 Å². The molecule has 0 heterocycles. The highest BCUT2D eigenvalue weighted by Crippen LogP contribution is 2.15. The van der Waals surface area contributed by atoms with Crippen molar-refractivity contribution in [2.24, 2.45) is 5.16 Å². The molecule has 0 unspecified atom stereocenters. The Hall–Kier alpha value is -2.35. The molecule has 0 atom stereocenters. The van der Waals surface area contributed by atoms with Gasteiger partial charge in [0.1, 0.15) is 0 Å². The Balaban J connectivity index is 2.02. The molecule has 2 aromatic carbocycles. The average Bonchev–Trinajstić information content (AvgIpc) is 2.53. The van der Waals surface area contributed by atoms with Gasteiger partial charge in [-0.3, -0.25) is 0 Å². The first-order chi connectivity index (χ1) is 10.1. The average molecular weight is 279 g/mol. The molecule has 21 heavy (non-hydrogen) atoms. The van der Waals surface area contributed by atoms with Crippen molar-refractivity contribution < 1.29 is 4.84 Å². The zero-order valence-corrected chi connectivity index (χ0v) is 12.8. The molecule has 2 nitrogen and oxygen atoms in total. The van der Waals surface area contributed by atoms with Crippen molar-refractivity contribution in [2.75, 3.05) is 0 Å². The van der Waals surface area contributed by atoms with Crippen molar-refractivity contribution >= 4 is 11.8 Å². The highest BCUT2D eigenvalue weighted by molar-refractivity contribution is 5.98. The van der Waals surface area contributed by atoms with Gasteiger partial charge in [0, 0.05) is 0 Å². The quantitative estimate of drug-likeness (QED) is 0.562. The van der Waals surface area contributed by atoms with Gasteiger partial charge in [-0.05, 0) is 38.0 Å². The maximum Gasteiger partial charge on any atom is 0.150 e. The summed E-state index contributed by atoms with van der Waals surface area (Å²) in [5.41, 5.74) is 2.64. The molecule has 0 saturated carbocycles. The van der Waals surface area contributed by atoms with Crippen molar-refractivity contribution in [1.82, 2.24) is 0 Å². The molecule has 0 N–H and O–H groups in total. The van der Waals surface area contributed by atoms with E-state index >= 15 is 0 Å². The predicted molar refractivity (Wildman–Crippen MR) is 89.3 cm³/mol. The summed E-state index contributed by atoms with van der Waals surface area (Å²) in [7, 11) is 0. The molecule has 0 spiro atoms. The smallest absolute Gasteiger partial charge is 0.150 e. The minimum Gasteiger partial charge on any atom is -0.385 e. The van der Waals surface area contributed by atoms with E-state index in [1.54, 1.807) is 0 Å². The number of hydrogen-bond acceptors (Lipinski definition) is 2. The molecule has 108 valence electrons. The molecule has 0 radical (unpaired) electrons. The van der Waals surface area contributed by atoms with Crippen LogP contribution in [0.3, 0.4) is 0 Å². The zero-order chi connectivity index (χ0) is 15.1. The minimum atomic E-state index is -0.452. The minimum absolute atomic E-state index is 0.452. The lowest BCUT2D eigenvalue weighted by molar-refractivity contribution is 0.0248. The number of benzene rings is 2. The van der Waals surface area contributed by atoms with Gasteiger partial charge in [0.2, 0.25) is 0 Å². The van der Waals surface area contributed by atoms with Crippen molar-refractivity contribution in [3.8, 4) is 0 Å². The molecule has 0 aliphatic heterocycles. The van der Waals surface area contributed by atoms with Gasteiger partial charge < -0.3 is 4.84 Å². The van der Waals surface area contributed by atoms with E-state index in [2.05, 4.69) is 17.3 Å². The van der Waals surface area contributed by atoms with Gasteiger partial charge >= 0.3 is 0 Å². The van der Waals surface area contributed by atoms with Crippen LogP contribution in [0.2, 0.25) is 0 Å². The van der Waals surface area contributed by atoms with Gasteiger partial charge in [-0.15, -0.1) is 0 Å². The third-order valence-electron chi connectivity index (χ3n) is 3.09. The molecule has 0 fully saturated rings. The lowest BCUT2D eigenvalue weighted by Crippen LogP contribution is -2.19. The first-order valence-corrected chi connectivity index (χ1v) is 7.09. The van der Waals surface area contributed by atoms with Crippen molar-refractivity contribution in [2.45, 2.75) is 26.4 Å². The fourth-order valence-corrected chi connectivity index (χ4v) is 1.81. The molecule has 2 rings (SSSR count). The maximum absolute atomic E-state index is 5.67. The van der Waals surface area contributed by atoms with Gasteiger partial charge in [-0.25, -0.2) is 0 Å². The molecule has 0 aliphatic carbocycles. The monoisotopic (exact) mass is 279 g/mol. The lowest BCUT2D eigenvalue weighted by atomic mass is 10.1. The summed E-state index contributed by atoms with van der Waals surface area (Å²) >= 11 is 0. The number of nitrogens with zero attached hydrogens (tertiary/aromatic N) is 1. The van der Waals surface area contributed by atoms with E-state index in [0.717, 1.165) is 16.8 Å². The second kappa shape index (κ2) is 6.89. The molecule has 2 heteroatoms. The van der Waals surface area contributed by atoms with Gasteiger partial charge in [0.25, 0.3) is 0 Å². The lowest BCUT2D eigenvalue weighted by Gasteiger charge is -2.18. The van der Waals surface area contributed by atoms with Crippen LogP contribution in [0.5, 0.6) is 0 Å². The Kier molecular flexibility index (Phi) is 4.94. The van der Waals surface area contributed by atoms with Gasteiger partial charge in [0.15, 0.2) is 5.60 Å². The Morgan fingerprint density at radius 1 is 0.952 bits per heavy atom. The Bertz CT molecular complexity index is 613. The summed E-state index contributed by atoms with van der Waals surface area (Å²) in [5, 5.41) is 4.24. The SMILES string of the molecule is C/C(=N\OC(C)(C)/C=C/c1ccccc1)c1ccccc1. The summed E-state index contributed by atoms with van der Waals surface area (Å²) < 4.78 is 0. The topological polar surface area (TPSA) is 21.6 Å². The molecule has 0 amide bonds. The molecular weight excluding hydrogens is 258 g/mol. The van der Waals surface area contributed by atoms with E-state index in [1.165, 1.54) is 0 Å². The van der Waals surface area contributed by atoms with Crippen LogP contribution < -0.4 is 0 Å². The van der Waals surface area contributed by atoms with E-state index in [4.69, 9.17) is 4.84 Å². The van der Waals surface area contributed by atoms with Crippen LogP contribution in [-0.4, -0.2) is 11.3 Å². The van der Waals surface area contributed by atoms with Gasteiger partial charge in [-0.2, -0.15) is 0 Å². The number of oxime groups is 1. The molecule has 0 saturated heterocycles. The normalized spacial score (nSPS) is 12.6. The van der Waals surface area contributed by atoms with Crippen molar-refractivity contribution in [1.29, 1.82) is 0 Å². The van der Waals surface area contributed by atoms with Gasteiger partial charge in [-0.1, -0.05) is 71.9 Å². The van der Waals surface area contributed by atoms with Crippen LogP contribution in [0.25, 0.3) is 6.08 Å². The van der Waals surface area contributed by atoms with Crippen molar-refractivity contribution in [3.63, 3.8) is 0 Å². The number of rotatable bonds is 5. The second-order valence-corrected chi connectivity index (χ2v) is 5.48. The Morgan fingerprint density at radius 3 is 2.14 bits per heavy atom. The first kappa shape index (κ1) is 15.0. The second-order valence-electron chi connectivity index (χ2n) is 5.48. The summed E-state index contributed by atoms with van der Waals surface area (Å²) in [4.78, 5) is 5.67. The maximum atomic E-state index is 5.67. The summed E-state index contributed by atoms with van der Waals surface area (Å²) in [6.07, 6.45) is 4.07. The van der Waals surface area contributed by atoms with Crippen LogP contribution in [0.4, 0.5) is 0 Å². The van der Waals surface area contributed by atoms with Gasteiger partial charge in [0.05, 0.1) is 5.71 Å². The summed E-state index contributed by atoms with van der Waals surface area (Å²) in [5.74, 6) is 0. The zero-order valence-electron chi connectivity index (χ0n) is 12.8. The highest BCUT2D eigenvalue weighted by Gasteiger charge is 2.15. The Morgan fingerprint density at radius 2 is 1.52 bits per heavy atom. The fourth-order valence-electron chi connectivity index (χ4n) is 1.81. The van der Waals surface area contributed by atoms with E-state index in [9.17, 15) is 0 Å². The van der Waals surface area contributed by atoms with Crippen LogP contribution >= 0.6 is 0 Å². The summed E-state index contributed by atoms with van der Waals surface area (Å²) in [6.45, 7) is 5.94. The largest absolute Gasteiger partial charge is 0.385 e. The van der Waals surface area contributed by atoms with E-state index in [-0.39, 0.29) is 0 Å². The van der Waals surface area contributed by atoms with E-state index in [1.807, 2.05) is 81.5 Å². The first-order valence-electron chi connectivity index (χ1n) is 7.09. The predicted octanol–water partition coefficient (Wildman–Crippen LogP) is 4.92. The molecular formula is C19H21NO. The van der Waals surface area contributed by atoms with Crippen LogP contribution in [0, 0.1) is 0 Å². The van der Waals surface area contributed by atoms with E-state index < -0.39 is 5.60 Å². The van der Waals surface area contributed by atoms with Crippen LogP contribution in [-0.2, 0) is 4.84 Å². The third kappa shape index (κ3) is 4.92. The Labute approximate surface area is 126 Å². The molecule has 0 aliphatic rings. The van der Waals surface area contributed by atoms with Crippen molar-refractivity contribution in [3.05, 3.63) is 77.9 Å². The third-order valence-corrected chi connectivity index (χ3v) is 3.09. The highest BCUT2D eigenvalue weighted by atomic mass is 16.6. The summed E-state index contributed by atoms with van der Waals surface area (Å²) in [6, 6.07) is 20.2. The standard InChI is InChI=1S/C19H21NO/c1-16(18-12-8-5-9-13-18)20-21-19(2,3)15-14-17-10-6-4-7-11-17/h4-15H,1-3H3/b15-14+,20-16+. The molecule has 0 aromatic heterocycles. The fraction of sp³-hybridized carbons (Fsp3) is 0.211.